The average Bonchev–Trinajstić information content (AvgIpc) is 3.36. The van der Waals surface area contributed by atoms with E-state index in [9.17, 15) is 4.79 Å². The van der Waals surface area contributed by atoms with Gasteiger partial charge in [-0.3, -0.25) is 4.79 Å². The molecule has 21 heavy (non-hydrogen) atoms. The minimum atomic E-state index is 0.0734. The van der Waals surface area contributed by atoms with Crippen molar-refractivity contribution < 1.29 is 4.79 Å². The zero-order chi connectivity index (χ0) is 14.9. The number of hydrogen-bond acceptors (Lipinski definition) is 2. The molecule has 0 spiro atoms. The molecule has 1 amide bonds. The van der Waals surface area contributed by atoms with E-state index in [1.165, 1.54) is 25.7 Å². The molecule has 3 nitrogen and oxygen atoms in total. The first-order chi connectivity index (χ1) is 10.1. The Labute approximate surface area is 127 Å². The summed E-state index contributed by atoms with van der Waals surface area (Å²) in [4.78, 5) is 12.5. The zero-order valence-corrected chi connectivity index (χ0v) is 13.2. The van der Waals surface area contributed by atoms with E-state index in [0.717, 1.165) is 42.2 Å². The molecule has 0 radical (unpaired) electrons. The molecule has 2 fully saturated rings. The van der Waals surface area contributed by atoms with Crippen molar-refractivity contribution >= 4 is 11.6 Å². The second kappa shape index (κ2) is 5.70. The second-order valence-electron chi connectivity index (χ2n) is 6.80. The molecule has 3 rings (SSSR count). The van der Waals surface area contributed by atoms with Crippen molar-refractivity contribution in [2.24, 2.45) is 11.3 Å². The normalized spacial score (nSPS) is 19.1. The Bertz CT molecular complexity index is 530. The van der Waals surface area contributed by atoms with Gasteiger partial charge in [-0.2, -0.15) is 0 Å². The largest absolute Gasteiger partial charge is 0.384 e. The van der Waals surface area contributed by atoms with Crippen molar-refractivity contribution in [2.75, 3.05) is 18.4 Å². The van der Waals surface area contributed by atoms with E-state index in [1.54, 1.807) is 0 Å². The molecule has 2 aliphatic rings. The summed E-state index contributed by atoms with van der Waals surface area (Å²) in [6.45, 7) is 5.92. The Balaban J connectivity index is 1.66. The molecule has 0 bridgehead atoms. The number of nitrogens with one attached hydrogen (secondary N) is 2. The molecule has 3 heteroatoms. The van der Waals surface area contributed by atoms with E-state index >= 15 is 0 Å². The highest BCUT2D eigenvalue weighted by Crippen LogP contribution is 2.60. The molecule has 1 aromatic carbocycles. The molecule has 114 valence electrons. The van der Waals surface area contributed by atoms with E-state index < -0.39 is 0 Å². The first kappa shape index (κ1) is 14.4. The summed E-state index contributed by atoms with van der Waals surface area (Å²) < 4.78 is 0. The number of aryl methyl sites for hydroxylation is 1. The van der Waals surface area contributed by atoms with Crippen LogP contribution in [0.2, 0.25) is 0 Å². The van der Waals surface area contributed by atoms with Crippen molar-refractivity contribution in [1.82, 2.24) is 5.32 Å². The van der Waals surface area contributed by atoms with Gasteiger partial charge >= 0.3 is 0 Å². The van der Waals surface area contributed by atoms with Crippen LogP contribution in [0.5, 0.6) is 0 Å². The van der Waals surface area contributed by atoms with Crippen LogP contribution in [0.25, 0.3) is 0 Å². The third-order valence-corrected chi connectivity index (χ3v) is 4.92. The summed E-state index contributed by atoms with van der Waals surface area (Å²) in [7, 11) is 0. The molecule has 2 saturated carbocycles. The zero-order valence-electron chi connectivity index (χ0n) is 13.2. The number of carbonyl (C=O) groups excluding carboxylic acids is 1. The fraction of sp³-hybridized carbons (Fsp3) is 0.611. The van der Waals surface area contributed by atoms with Crippen molar-refractivity contribution in [3.8, 4) is 0 Å². The monoisotopic (exact) mass is 286 g/mol. The first-order valence-corrected chi connectivity index (χ1v) is 8.27. The SMILES string of the molecule is CCCNc1ccc(C)cc1C(=O)NCC1(C2CC2)CC1. The number of rotatable bonds is 7. The fourth-order valence-electron chi connectivity index (χ4n) is 3.20. The lowest BCUT2D eigenvalue weighted by Gasteiger charge is -2.17. The molecule has 1 aromatic rings. The third kappa shape index (κ3) is 3.22. The van der Waals surface area contributed by atoms with Gasteiger partial charge in [0.1, 0.15) is 0 Å². The Kier molecular flexibility index (Phi) is 3.92. The molecule has 0 aliphatic heterocycles. The number of benzene rings is 1. The molecule has 0 aromatic heterocycles. The van der Waals surface area contributed by atoms with Crippen LogP contribution in [-0.4, -0.2) is 19.0 Å². The Morgan fingerprint density at radius 2 is 2.10 bits per heavy atom. The molecular formula is C18H26N2O. The van der Waals surface area contributed by atoms with E-state index in [1.807, 2.05) is 19.1 Å². The average molecular weight is 286 g/mol. The molecule has 0 unspecified atom stereocenters. The minimum Gasteiger partial charge on any atom is -0.384 e. The van der Waals surface area contributed by atoms with Gasteiger partial charge in [-0.05, 0) is 62.5 Å². The highest BCUT2D eigenvalue weighted by Gasteiger charge is 2.53. The van der Waals surface area contributed by atoms with E-state index in [4.69, 9.17) is 0 Å². The second-order valence-corrected chi connectivity index (χ2v) is 6.80. The first-order valence-electron chi connectivity index (χ1n) is 8.27. The van der Waals surface area contributed by atoms with E-state index in [0.29, 0.717) is 5.41 Å². The van der Waals surface area contributed by atoms with E-state index in [2.05, 4.69) is 23.6 Å². The number of carbonyl (C=O) groups is 1. The third-order valence-electron chi connectivity index (χ3n) is 4.92. The maximum atomic E-state index is 12.5. The number of hydrogen-bond donors (Lipinski definition) is 2. The standard InChI is InChI=1S/C18H26N2O/c1-3-10-19-16-7-4-13(2)11-15(16)17(21)20-12-18(8-9-18)14-5-6-14/h4,7,11,14,19H,3,5-6,8-10,12H2,1-2H3,(H,20,21). The van der Waals surface area contributed by atoms with Gasteiger partial charge in [-0.25, -0.2) is 0 Å². The van der Waals surface area contributed by atoms with Gasteiger partial charge in [-0.1, -0.05) is 18.6 Å². The van der Waals surface area contributed by atoms with Gasteiger partial charge in [0, 0.05) is 18.8 Å². The highest BCUT2D eigenvalue weighted by molar-refractivity contribution is 5.99. The van der Waals surface area contributed by atoms with Gasteiger partial charge in [0.25, 0.3) is 5.91 Å². The van der Waals surface area contributed by atoms with Crippen LogP contribution < -0.4 is 10.6 Å². The van der Waals surface area contributed by atoms with Gasteiger partial charge in [-0.15, -0.1) is 0 Å². The maximum Gasteiger partial charge on any atom is 0.253 e. The molecular weight excluding hydrogens is 260 g/mol. The summed E-state index contributed by atoms with van der Waals surface area (Å²) in [6.07, 6.45) is 6.38. The summed E-state index contributed by atoms with van der Waals surface area (Å²) >= 11 is 0. The molecule has 2 aliphatic carbocycles. The summed E-state index contributed by atoms with van der Waals surface area (Å²) in [5.74, 6) is 0.956. The lowest BCUT2D eigenvalue weighted by molar-refractivity contribution is 0.0943. The molecule has 0 atom stereocenters. The van der Waals surface area contributed by atoms with Crippen LogP contribution in [0.1, 0.15) is 54.9 Å². The van der Waals surface area contributed by atoms with Gasteiger partial charge < -0.3 is 10.6 Å². The van der Waals surface area contributed by atoms with Gasteiger partial charge in [0.15, 0.2) is 0 Å². The summed E-state index contributed by atoms with van der Waals surface area (Å²) in [5.41, 5.74) is 3.33. The Morgan fingerprint density at radius 1 is 1.33 bits per heavy atom. The van der Waals surface area contributed by atoms with Gasteiger partial charge in [0.05, 0.1) is 5.56 Å². The highest BCUT2D eigenvalue weighted by atomic mass is 16.1. The molecule has 0 heterocycles. The summed E-state index contributed by atoms with van der Waals surface area (Å²) in [5, 5.41) is 6.55. The lowest BCUT2D eigenvalue weighted by Crippen LogP contribution is -2.31. The minimum absolute atomic E-state index is 0.0734. The van der Waals surface area contributed by atoms with Crippen LogP contribution in [0.3, 0.4) is 0 Å². The predicted octanol–water partition coefficient (Wildman–Crippen LogP) is 3.74. The lowest BCUT2D eigenvalue weighted by atomic mass is 10.0. The van der Waals surface area contributed by atoms with Crippen LogP contribution in [0, 0.1) is 18.3 Å². The van der Waals surface area contributed by atoms with Gasteiger partial charge in [0.2, 0.25) is 0 Å². The number of amides is 1. The topological polar surface area (TPSA) is 41.1 Å². The van der Waals surface area contributed by atoms with E-state index in [-0.39, 0.29) is 5.91 Å². The van der Waals surface area contributed by atoms with Crippen molar-refractivity contribution in [3.63, 3.8) is 0 Å². The van der Waals surface area contributed by atoms with Crippen molar-refractivity contribution in [2.45, 2.75) is 46.0 Å². The van der Waals surface area contributed by atoms with Crippen LogP contribution in [0.4, 0.5) is 5.69 Å². The van der Waals surface area contributed by atoms with Crippen LogP contribution in [0.15, 0.2) is 18.2 Å². The van der Waals surface area contributed by atoms with Crippen LogP contribution in [-0.2, 0) is 0 Å². The maximum absolute atomic E-state index is 12.5. The summed E-state index contributed by atoms with van der Waals surface area (Å²) in [6, 6.07) is 6.07. The van der Waals surface area contributed by atoms with Crippen LogP contribution >= 0.6 is 0 Å². The number of anilines is 1. The van der Waals surface area contributed by atoms with Crippen molar-refractivity contribution in [1.29, 1.82) is 0 Å². The quantitative estimate of drug-likeness (QED) is 0.801. The van der Waals surface area contributed by atoms with Crippen molar-refractivity contribution in [3.05, 3.63) is 29.3 Å². The molecule has 0 saturated heterocycles. The Morgan fingerprint density at radius 3 is 2.71 bits per heavy atom. The smallest absolute Gasteiger partial charge is 0.253 e. The fourth-order valence-corrected chi connectivity index (χ4v) is 3.20. The Hall–Kier alpha value is -1.51. The predicted molar refractivity (Wildman–Crippen MR) is 86.7 cm³/mol. The molecule has 2 N–H and O–H groups in total.